The first-order chi connectivity index (χ1) is 7.81. The maximum Gasteiger partial charge on any atom is 0.0660 e. The first-order valence-electron chi connectivity index (χ1n) is 5.39. The maximum atomic E-state index is 4.21. The molecule has 0 aliphatic rings. The Balaban J connectivity index is 2.31. The molecule has 0 fully saturated rings. The van der Waals surface area contributed by atoms with Crippen molar-refractivity contribution in [3.05, 3.63) is 53.3 Å². The van der Waals surface area contributed by atoms with Gasteiger partial charge in [0.1, 0.15) is 0 Å². The van der Waals surface area contributed by atoms with E-state index >= 15 is 0 Å². The number of nitrogens with zero attached hydrogens (tertiary/aromatic N) is 2. The molecule has 2 aromatic rings. The summed E-state index contributed by atoms with van der Waals surface area (Å²) in [6.45, 7) is 2.12. The first kappa shape index (κ1) is 10.5. The van der Waals surface area contributed by atoms with E-state index in [1.54, 1.807) is 0 Å². The van der Waals surface area contributed by atoms with E-state index in [-0.39, 0.29) is 0 Å². The summed E-state index contributed by atoms with van der Waals surface area (Å²) < 4.78 is 1.88. The van der Waals surface area contributed by atoms with E-state index in [0.29, 0.717) is 0 Å². The lowest BCUT2D eigenvalue weighted by atomic mass is 10.2. The summed E-state index contributed by atoms with van der Waals surface area (Å²) in [5, 5.41) is 4.21. The van der Waals surface area contributed by atoms with Crippen molar-refractivity contribution in [1.82, 2.24) is 9.78 Å². The number of benzene rings is 1. The van der Waals surface area contributed by atoms with Crippen LogP contribution in [0.3, 0.4) is 0 Å². The van der Waals surface area contributed by atoms with Crippen LogP contribution in [0, 0.1) is 11.8 Å². The van der Waals surface area contributed by atoms with Crippen LogP contribution in [0.25, 0.3) is 0 Å². The maximum absolute atomic E-state index is 4.21. The van der Waals surface area contributed by atoms with Crippen LogP contribution in [-0.2, 0) is 13.5 Å². The van der Waals surface area contributed by atoms with Gasteiger partial charge in [0, 0.05) is 12.6 Å². The van der Waals surface area contributed by atoms with Crippen molar-refractivity contribution in [2.45, 2.75) is 13.3 Å². The fourth-order valence-corrected chi connectivity index (χ4v) is 1.65. The van der Waals surface area contributed by atoms with Gasteiger partial charge in [-0.1, -0.05) is 37.0 Å². The second-order valence-electron chi connectivity index (χ2n) is 3.60. The van der Waals surface area contributed by atoms with Gasteiger partial charge in [-0.15, -0.1) is 0 Å². The van der Waals surface area contributed by atoms with Gasteiger partial charge in [0.05, 0.1) is 17.5 Å². The molecule has 0 unspecified atom stereocenters. The summed E-state index contributed by atoms with van der Waals surface area (Å²) >= 11 is 0. The van der Waals surface area contributed by atoms with Crippen LogP contribution in [0.2, 0.25) is 0 Å². The lowest BCUT2D eigenvalue weighted by Gasteiger charge is -1.96. The lowest BCUT2D eigenvalue weighted by Crippen LogP contribution is -1.97. The van der Waals surface area contributed by atoms with Crippen LogP contribution in [0.4, 0.5) is 0 Å². The van der Waals surface area contributed by atoms with Crippen molar-refractivity contribution in [3.8, 4) is 11.8 Å². The SMILES string of the molecule is CCc1c(C#Cc2ccccc2)cnn1C. The first-order valence-corrected chi connectivity index (χ1v) is 5.39. The fourth-order valence-electron chi connectivity index (χ4n) is 1.65. The Morgan fingerprint density at radius 1 is 1.19 bits per heavy atom. The summed E-state index contributed by atoms with van der Waals surface area (Å²) in [4.78, 5) is 0. The number of rotatable bonds is 1. The minimum absolute atomic E-state index is 0.954. The van der Waals surface area contributed by atoms with E-state index in [1.807, 2.05) is 48.3 Å². The molecule has 1 aromatic heterocycles. The van der Waals surface area contributed by atoms with Crippen molar-refractivity contribution in [2.75, 3.05) is 0 Å². The highest BCUT2D eigenvalue weighted by atomic mass is 15.3. The molecular weight excluding hydrogens is 196 g/mol. The normalized spacial score (nSPS) is 9.62. The minimum Gasteiger partial charge on any atom is -0.271 e. The van der Waals surface area contributed by atoms with Gasteiger partial charge in [0.2, 0.25) is 0 Å². The molecule has 0 saturated carbocycles. The predicted octanol–water partition coefficient (Wildman–Crippen LogP) is 2.38. The number of hydrogen-bond acceptors (Lipinski definition) is 1. The van der Waals surface area contributed by atoms with Gasteiger partial charge in [0.15, 0.2) is 0 Å². The molecule has 2 heteroatoms. The Labute approximate surface area is 95.9 Å². The van der Waals surface area contributed by atoms with Crippen molar-refractivity contribution in [2.24, 2.45) is 7.05 Å². The molecule has 0 N–H and O–H groups in total. The molecule has 0 bridgehead atoms. The monoisotopic (exact) mass is 210 g/mol. The summed E-state index contributed by atoms with van der Waals surface area (Å²) in [5.41, 5.74) is 3.24. The van der Waals surface area contributed by atoms with E-state index in [2.05, 4.69) is 23.9 Å². The molecule has 0 atom stereocenters. The summed E-state index contributed by atoms with van der Waals surface area (Å²) in [5.74, 6) is 6.31. The van der Waals surface area contributed by atoms with Crippen LogP contribution < -0.4 is 0 Å². The predicted molar refractivity (Wildman–Crippen MR) is 65.0 cm³/mol. The van der Waals surface area contributed by atoms with E-state index < -0.39 is 0 Å². The summed E-state index contributed by atoms with van der Waals surface area (Å²) in [6.07, 6.45) is 2.78. The Kier molecular flexibility index (Phi) is 3.07. The van der Waals surface area contributed by atoms with Gasteiger partial charge in [-0.2, -0.15) is 5.10 Å². The summed E-state index contributed by atoms with van der Waals surface area (Å²) in [6, 6.07) is 10.00. The van der Waals surface area contributed by atoms with E-state index in [1.165, 1.54) is 5.69 Å². The molecule has 0 amide bonds. The number of aryl methyl sites for hydroxylation is 1. The molecule has 80 valence electrons. The standard InChI is InChI=1S/C14H14N2/c1-3-14-13(11-15-16(14)2)10-9-12-7-5-4-6-8-12/h4-8,11H,3H2,1-2H3. The average molecular weight is 210 g/mol. The quantitative estimate of drug-likeness (QED) is 0.661. The molecular formula is C14H14N2. The van der Waals surface area contributed by atoms with Crippen LogP contribution in [0.5, 0.6) is 0 Å². The zero-order chi connectivity index (χ0) is 11.4. The molecule has 0 aliphatic heterocycles. The highest BCUT2D eigenvalue weighted by molar-refractivity contribution is 5.43. The van der Waals surface area contributed by atoms with Gasteiger partial charge in [-0.25, -0.2) is 0 Å². The summed E-state index contributed by atoms with van der Waals surface area (Å²) in [7, 11) is 1.95. The van der Waals surface area contributed by atoms with E-state index in [4.69, 9.17) is 0 Å². The zero-order valence-corrected chi connectivity index (χ0v) is 9.57. The fraction of sp³-hybridized carbons (Fsp3) is 0.214. The van der Waals surface area contributed by atoms with E-state index in [9.17, 15) is 0 Å². The van der Waals surface area contributed by atoms with Gasteiger partial charge in [0.25, 0.3) is 0 Å². The lowest BCUT2D eigenvalue weighted by molar-refractivity contribution is 0.717. The third kappa shape index (κ3) is 2.14. The highest BCUT2D eigenvalue weighted by Crippen LogP contribution is 2.06. The Hall–Kier alpha value is -2.01. The molecule has 1 heterocycles. The highest BCUT2D eigenvalue weighted by Gasteiger charge is 2.02. The molecule has 2 nitrogen and oxygen atoms in total. The largest absolute Gasteiger partial charge is 0.271 e. The van der Waals surface area contributed by atoms with Crippen molar-refractivity contribution in [3.63, 3.8) is 0 Å². The molecule has 2 rings (SSSR count). The van der Waals surface area contributed by atoms with Gasteiger partial charge < -0.3 is 0 Å². The second-order valence-corrected chi connectivity index (χ2v) is 3.60. The Bertz CT molecular complexity index is 527. The topological polar surface area (TPSA) is 17.8 Å². The molecule has 1 aromatic carbocycles. The van der Waals surface area contributed by atoms with Crippen LogP contribution in [0.15, 0.2) is 36.5 Å². The van der Waals surface area contributed by atoms with Crippen molar-refractivity contribution >= 4 is 0 Å². The zero-order valence-electron chi connectivity index (χ0n) is 9.57. The van der Waals surface area contributed by atoms with Gasteiger partial charge >= 0.3 is 0 Å². The molecule has 0 saturated heterocycles. The Morgan fingerprint density at radius 2 is 1.94 bits per heavy atom. The van der Waals surface area contributed by atoms with Crippen LogP contribution in [0.1, 0.15) is 23.7 Å². The number of hydrogen-bond donors (Lipinski definition) is 0. The average Bonchev–Trinajstić information content (AvgIpc) is 2.68. The van der Waals surface area contributed by atoms with E-state index in [0.717, 1.165) is 17.5 Å². The van der Waals surface area contributed by atoms with Gasteiger partial charge in [-0.05, 0) is 18.6 Å². The van der Waals surface area contributed by atoms with Crippen LogP contribution in [-0.4, -0.2) is 9.78 Å². The Morgan fingerprint density at radius 3 is 2.62 bits per heavy atom. The van der Waals surface area contributed by atoms with Gasteiger partial charge in [-0.3, -0.25) is 4.68 Å². The molecule has 0 aliphatic carbocycles. The smallest absolute Gasteiger partial charge is 0.0660 e. The molecule has 0 spiro atoms. The van der Waals surface area contributed by atoms with Crippen molar-refractivity contribution < 1.29 is 0 Å². The number of aromatic nitrogens is 2. The third-order valence-electron chi connectivity index (χ3n) is 2.51. The molecule has 16 heavy (non-hydrogen) atoms. The minimum atomic E-state index is 0.954. The van der Waals surface area contributed by atoms with Crippen molar-refractivity contribution in [1.29, 1.82) is 0 Å². The van der Waals surface area contributed by atoms with Crippen LogP contribution >= 0.6 is 0 Å². The second kappa shape index (κ2) is 4.67. The molecule has 0 radical (unpaired) electrons. The third-order valence-corrected chi connectivity index (χ3v) is 2.51.